The third-order valence-electron chi connectivity index (χ3n) is 4.69. The number of fused-ring (bicyclic) bond motifs is 2. The SMILES string of the molecule is CC(C)CNC(=O)c1c(N)n(/N=C\c2ccc(O)c(O)c2)c2nc3ccccc3nc12. The van der Waals surface area contributed by atoms with Crippen molar-refractivity contribution in [3.05, 3.63) is 53.6 Å². The lowest BCUT2D eigenvalue weighted by atomic mass is 10.2. The second-order valence-corrected chi connectivity index (χ2v) is 7.55. The molecule has 1 amide bonds. The van der Waals surface area contributed by atoms with Crippen LogP contribution in [0, 0.1) is 5.92 Å². The van der Waals surface area contributed by atoms with Crippen LogP contribution >= 0.6 is 0 Å². The lowest BCUT2D eigenvalue weighted by Crippen LogP contribution is -2.28. The van der Waals surface area contributed by atoms with Gasteiger partial charge in [0.2, 0.25) is 0 Å². The number of benzene rings is 2. The molecule has 0 radical (unpaired) electrons. The number of carbonyl (C=O) groups is 1. The molecular weight excluding hydrogens is 396 g/mol. The van der Waals surface area contributed by atoms with Crippen LogP contribution in [0.4, 0.5) is 5.82 Å². The summed E-state index contributed by atoms with van der Waals surface area (Å²) in [6.45, 7) is 4.48. The van der Waals surface area contributed by atoms with Gasteiger partial charge in [-0.3, -0.25) is 4.79 Å². The summed E-state index contributed by atoms with van der Waals surface area (Å²) >= 11 is 0. The Balaban J connectivity index is 1.87. The highest BCUT2D eigenvalue weighted by molar-refractivity contribution is 6.10. The van der Waals surface area contributed by atoms with Gasteiger partial charge in [0.15, 0.2) is 17.1 Å². The number of carbonyl (C=O) groups excluding carboxylic acids is 1. The predicted octanol–water partition coefficient (Wildman–Crippen LogP) is 2.85. The van der Waals surface area contributed by atoms with Crippen molar-refractivity contribution in [2.75, 3.05) is 12.3 Å². The molecule has 0 spiro atoms. The highest BCUT2D eigenvalue weighted by Gasteiger charge is 2.24. The van der Waals surface area contributed by atoms with E-state index in [1.165, 1.54) is 23.0 Å². The summed E-state index contributed by atoms with van der Waals surface area (Å²) in [6.07, 6.45) is 1.45. The lowest BCUT2D eigenvalue weighted by Gasteiger charge is -2.07. The van der Waals surface area contributed by atoms with Crippen LogP contribution in [-0.4, -0.2) is 43.5 Å². The first-order valence-corrected chi connectivity index (χ1v) is 9.76. The van der Waals surface area contributed by atoms with Gasteiger partial charge in [0.1, 0.15) is 16.9 Å². The number of nitrogens with two attached hydrogens (primary N) is 1. The number of nitrogens with zero attached hydrogens (tertiary/aromatic N) is 4. The van der Waals surface area contributed by atoms with Crippen molar-refractivity contribution in [1.29, 1.82) is 0 Å². The maximum atomic E-state index is 12.9. The van der Waals surface area contributed by atoms with E-state index >= 15 is 0 Å². The van der Waals surface area contributed by atoms with E-state index in [0.29, 0.717) is 34.3 Å². The Morgan fingerprint density at radius 2 is 1.87 bits per heavy atom. The zero-order chi connectivity index (χ0) is 22.1. The van der Waals surface area contributed by atoms with Gasteiger partial charge in [0, 0.05) is 6.54 Å². The number of hydrogen-bond acceptors (Lipinski definition) is 7. The van der Waals surface area contributed by atoms with Gasteiger partial charge in [-0.25, -0.2) is 9.97 Å². The Bertz CT molecular complexity index is 1330. The van der Waals surface area contributed by atoms with Crippen molar-refractivity contribution in [1.82, 2.24) is 20.0 Å². The van der Waals surface area contributed by atoms with Crippen LogP contribution in [0.25, 0.3) is 22.2 Å². The summed E-state index contributed by atoms with van der Waals surface area (Å²) in [5.41, 5.74) is 9.02. The molecule has 2 aromatic heterocycles. The molecule has 9 heteroatoms. The van der Waals surface area contributed by atoms with Crippen molar-refractivity contribution < 1.29 is 15.0 Å². The molecule has 0 bridgehead atoms. The predicted molar refractivity (Wildman–Crippen MR) is 119 cm³/mol. The molecule has 2 aromatic carbocycles. The molecule has 4 aromatic rings. The molecule has 0 aliphatic heterocycles. The van der Waals surface area contributed by atoms with Gasteiger partial charge in [-0.05, 0) is 41.8 Å². The number of phenolic OH excluding ortho intramolecular Hbond substituents is 2. The Labute approximate surface area is 177 Å². The minimum atomic E-state index is -0.350. The zero-order valence-corrected chi connectivity index (χ0v) is 17.1. The molecule has 0 atom stereocenters. The zero-order valence-electron chi connectivity index (χ0n) is 17.1. The van der Waals surface area contributed by atoms with E-state index in [1.807, 2.05) is 38.1 Å². The van der Waals surface area contributed by atoms with Crippen LogP contribution in [0.3, 0.4) is 0 Å². The van der Waals surface area contributed by atoms with E-state index in [1.54, 1.807) is 6.07 Å². The largest absolute Gasteiger partial charge is 0.504 e. The van der Waals surface area contributed by atoms with Crippen molar-refractivity contribution in [3.63, 3.8) is 0 Å². The lowest BCUT2D eigenvalue weighted by molar-refractivity contribution is 0.0951. The average molecular weight is 418 g/mol. The van der Waals surface area contributed by atoms with Crippen LogP contribution in [-0.2, 0) is 0 Å². The number of nitrogens with one attached hydrogen (secondary N) is 1. The fraction of sp³-hybridized carbons (Fsp3) is 0.182. The number of nitrogen functional groups attached to an aromatic ring is 1. The van der Waals surface area contributed by atoms with Crippen LogP contribution in [0.15, 0.2) is 47.6 Å². The van der Waals surface area contributed by atoms with E-state index in [0.717, 1.165) is 0 Å². The number of aromatic hydroxyl groups is 2. The molecule has 0 saturated carbocycles. The van der Waals surface area contributed by atoms with Gasteiger partial charge in [0.25, 0.3) is 5.91 Å². The number of rotatable bonds is 5. The fourth-order valence-corrected chi connectivity index (χ4v) is 3.12. The average Bonchev–Trinajstić information content (AvgIpc) is 3.01. The first-order valence-electron chi connectivity index (χ1n) is 9.76. The maximum Gasteiger partial charge on any atom is 0.257 e. The van der Waals surface area contributed by atoms with Gasteiger partial charge in [0.05, 0.1) is 17.2 Å². The molecule has 0 unspecified atom stereocenters. The van der Waals surface area contributed by atoms with Crippen molar-refractivity contribution in [2.24, 2.45) is 11.0 Å². The molecule has 9 nitrogen and oxygen atoms in total. The quantitative estimate of drug-likeness (QED) is 0.290. The van der Waals surface area contributed by atoms with Crippen LogP contribution in [0.5, 0.6) is 11.5 Å². The molecule has 0 saturated heterocycles. The highest BCUT2D eigenvalue weighted by Crippen LogP contribution is 2.28. The van der Waals surface area contributed by atoms with E-state index < -0.39 is 0 Å². The number of para-hydroxylation sites is 2. The second-order valence-electron chi connectivity index (χ2n) is 7.55. The van der Waals surface area contributed by atoms with E-state index in [4.69, 9.17) is 5.73 Å². The van der Waals surface area contributed by atoms with E-state index in [2.05, 4.69) is 20.4 Å². The summed E-state index contributed by atoms with van der Waals surface area (Å²) < 4.78 is 1.35. The Morgan fingerprint density at radius 3 is 2.55 bits per heavy atom. The van der Waals surface area contributed by atoms with Crippen LogP contribution < -0.4 is 11.1 Å². The van der Waals surface area contributed by atoms with Crippen molar-refractivity contribution in [2.45, 2.75) is 13.8 Å². The molecule has 158 valence electrons. The summed E-state index contributed by atoms with van der Waals surface area (Å²) in [7, 11) is 0. The normalized spacial score (nSPS) is 11.7. The van der Waals surface area contributed by atoms with E-state index in [-0.39, 0.29) is 34.7 Å². The summed E-state index contributed by atoms with van der Waals surface area (Å²) in [5, 5.41) is 26.4. The first-order chi connectivity index (χ1) is 14.8. The van der Waals surface area contributed by atoms with Gasteiger partial charge in [-0.1, -0.05) is 26.0 Å². The third kappa shape index (κ3) is 3.85. The molecule has 2 heterocycles. The van der Waals surface area contributed by atoms with Gasteiger partial charge >= 0.3 is 0 Å². The summed E-state index contributed by atoms with van der Waals surface area (Å²) in [5.74, 6) is -0.480. The molecule has 31 heavy (non-hydrogen) atoms. The first kappa shape index (κ1) is 20.1. The minimum absolute atomic E-state index is 0.103. The van der Waals surface area contributed by atoms with E-state index in [9.17, 15) is 15.0 Å². The Kier molecular flexibility index (Phi) is 5.16. The molecule has 0 aliphatic carbocycles. The number of aromatic nitrogens is 3. The summed E-state index contributed by atoms with van der Waals surface area (Å²) in [4.78, 5) is 22.1. The number of amides is 1. The monoisotopic (exact) mass is 418 g/mol. The fourth-order valence-electron chi connectivity index (χ4n) is 3.12. The van der Waals surface area contributed by atoms with Crippen molar-refractivity contribution >= 4 is 40.1 Å². The Morgan fingerprint density at radius 1 is 1.16 bits per heavy atom. The minimum Gasteiger partial charge on any atom is -0.504 e. The topological polar surface area (TPSA) is 139 Å². The van der Waals surface area contributed by atoms with Crippen LogP contribution in [0.2, 0.25) is 0 Å². The van der Waals surface area contributed by atoms with Crippen molar-refractivity contribution in [3.8, 4) is 11.5 Å². The number of anilines is 1. The highest BCUT2D eigenvalue weighted by atomic mass is 16.3. The number of phenols is 2. The third-order valence-corrected chi connectivity index (χ3v) is 4.69. The molecule has 5 N–H and O–H groups in total. The van der Waals surface area contributed by atoms with Crippen LogP contribution in [0.1, 0.15) is 29.8 Å². The molecule has 0 aliphatic rings. The van der Waals surface area contributed by atoms with Gasteiger partial charge < -0.3 is 21.3 Å². The van der Waals surface area contributed by atoms with Gasteiger partial charge in [-0.2, -0.15) is 9.78 Å². The second kappa shape index (κ2) is 7.94. The smallest absolute Gasteiger partial charge is 0.257 e. The molecule has 0 fully saturated rings. The van der Waals surface area contributed by atoms with Gasteiger partial charge in [-0.15, -0.1) is 0 Å². The molecular formula is C22H22N6O3. The Hall–Kier alpha value is -4.14. The standard InChI is InChI=1S/C22H22N6O3/c1-12(2)10-24-22(31)18-19-21(27-15-6-4-3-5-14(15)26-19)28(20(18)23)25-11-13-7-8-16(29)17(30)9-13/h3-9,11-12,29-30H,10,23H2,1-2H3,(H,24,31)/b25-11-. The number of hydrogen-bond donors (Lipinski definition) is 4. The molecule has 4 rings (SSSR count). The summed E-state index contributed by atoms with van der Waals surface area (Å²) in [6, 6.07) is 11.6. The maximum absolute atomic E-state index is 12.9.